The van der Waals surface area contributed by atoms with E-state index in [2.05, 4.69) is 6.92 Å². The Morgan fingerprint density at radius 2 is 2.00 bits per heavy atom. The SMILES string of the molecule is COC1C2=C(CCC2)C1C. The molecule has 0 aliphatic heterocycles. The van der Waals surface area contributed by atoms with E-state index in [1.54, 1.807) is 11.1 Å². The second-order valence-electron chi connectivity index (χ2n) is 3.35. The molecule has 0 N–H and O–H groups in total. The smallest absolute Gasteiger partial charge is 0.0846 e. The molecule has 10 heavy (non-hydrogen) atoms. The van der Waals surface area contributed by atoms with Gasteiger partial charge in [0.25, 0.3) is 0 Å². The molecular formula is C9H14O. The Hall–Kier alpha value is -0.300. The summed E-state index contributed by atoms with van der Waals surface area (Å²) in [6.45, 7) is 2.28. The molecule has 2 rings (SSSR count). The standard InChI is InChI=1S/C9H14O/c1-6-7-4-3-5-8(7)9(6)10-2/h6,9H,3-5H2,1-2H3. The minimum atomic E-state index is 0.484. The van der Waals surface area contributed by atoms with Gasteiger partial charge in [-0.15, -0.1) is 0 Å². The van der Waals surface area contributed by atoms with Crippen LogP contribution in [0.2, 0.25) is 0 Å². The van der Waals surface area contributed by atoms with Crippen LogP contribution < -0.4 is 0 Å². The van der Waals surface area contributed by atoms with E-state index in [4.69, 9.17) is 4.74 Å². The van der Waals surface area contributed by atoms with Crippen LogP contribution in [0.5, 0.6) is 0 Å². The maximum Gasteiger partial charge on any atom is 0.0846 e. The highest BCUT2D eigenvalue weighted by Crippen LogP contribution is 2.46. The third-order valence-electron chi connectivity index (χ3n) is 2.91. The lowest BCUT2D eigenvalue weighted by molar-refractivity contribution is 0.0763. The molecule has 0 fully saturated rings. The first-order valence-electron chi connectivity index (χ1n) is 4.09. The molecule has 1 nitrogen and oxygen atoms in total. The molecule has 1 heteroatoms. The third kappa shape index (κ3) is 0.615. The fraction of sp³-hybridized carbons (Fsp3) is 0.778. The van der Waals surface area contributed by atoms with Crippen molar-refractivity contribution in [1.82, 2.24) is 0 Å². The van der Waals surface area contributed by atoms with Crippen LogP contribution in [0, 0.1) is 5.92 Å². The van der Waals surface area contributed by atoms with E-state index in [0.29, 0.717) is 6.10 Å². The van der Waals surface area contributed by atoms with E-state index >= 15 is 0 Å². The summed E-state index contributed by atoms with van der Waals surface area (Å²) < 4.78 is 5.35. The third-order valence-corrected chi connectivity index (χ3v) is 2.91. The predicted octanol–water partition coefficient (Wildman–Crippen LogP) is 2.13. The van der Waals surface area contributed by atoms with Crippen LogP contribution in [0.3, 0.4) is 0 Å². The van der Waals surface area contributed by atoms with E-state index in [1.807, 2.05) is 7.11 Å². The Labute approximate surface area is 62.1 Å². The lowest BCUT2D eigenvalue weighted by atomic mass is 9.77. The summed E-state index contributed by atoms with van der Waals surface area (Å²) in [4.78, 5) is 0. The van der Waals surface area contributed by atoms with Crippen molar-refractivity contribution < 1.29 is 4.74 Å². The number of rotatable bonds is 1. The van der Waals surface area contributed by atoms with Crippen LogP contribution in [-0.2, 0) is 4.74 Å². The summed E-state index contributed by atoms with van der Waals surface area (Å²) in [5, 5.41) is 0. The van der Waals surface area contributed by atoms with Gasteiger partial charge in [0.05, 0.1) is 6.10 Å². The second-order valence-corrected chi connectivity index (χ2v) is 3.35. The van der Waals surface area contributed by atoms with E-state index in [-0.39, 0.29) is 0 Å². The molecule has 0 saturated heterocycles. The Morgan fingerprint density at radius 1 is 1.30 bits per heavy atom. The van der Waals surface area contributed by atoms with Crippen LogP contribution in [0.1, 0.15) is 26.2 Å². The maximum atomic E-state index is 5.35. The minimum absolute atomic E-state index is 0.484. The van der Waals surface area contributed by atoms with Crippen molar-refractivity contribution in [1.29, 1.82) is 0 Å². The molecule has 0 bridgehead atoms. The minimum Gasteiger partial charge on any atom is -0.376 e. The number of methoxy groups -OCH3 is 1. The molecule has 0 radical (unpaired) electrons. The van der Waals surface area contributed by atoms with Gasteiger partial charge in [0.1, 0.15) is 0 Å². The highest BCUT2D eigenvalue weighted by Gasteiger charge is 2.39. The highest BCUT2D eigenvalue weighted by molar-refractivity contribution is 5.37. The second kappa shape index (κ2) is 2.09. The molecule has 0 spiro atoms. The zero-order chi connectivity index (χ0) is 7.14. The molecular weight excluding hydrogens is 124 g/mol. The lowest BCUT2D eigenvalue weighted by Crippen LogP contribution is -2.33. The van der Waals surface area contributed by atoms with Crippen molar-refractivity contribution in [3.63, 3.8) is 0 Å². The van der Waals surface area contributed by atoms with Gasteiger partial charge < -0.3 is 4.74 Å². The predicted molar refractivity (Wildman–Crippen MR) is 40.8 cm³/mol. The first-order chi connectivity index (χ1) is 4.84. The molecule has 2 atom stereocenters. The summed E-state index contributed by atoms with van der Waals surface area (Å²) >= 11 is 0. The molecule has 0 amide bonds. The molecule has 2 aliphatic rings. The summed E-state index contributed by atoms with van der Waals surface area (Å²) in [7, 11) is 1.82. The van der Waals surface area contributed by atoms with Gasteiger partial charge in [-0.1, -0.05) is 12.5 Å². The van der Waals surface area contributed by atoms with E-state index in [9.17, 15) is 0 Å². The van der Waals surface area contributed by atoms with Gasteiger partial charge in [0, 0.05) is 13.0 Å². The average Bonchev–Trinajstić information content (AvgIpc) is 2.33. The summed E-state index contributed by atoms with van der Waals surface area (Å²) in [6, 6.07) is 0. The Morgan fingerprint density at radius 3 is 2.70 bits per heavy atom. The zero-order valence-electron chi connectivity index (χ0n) is 6.68. The topological polar surface area (TPSA) is 9.23 Å². The van der Waals surface area contributed by atoms with Gasteiger partial charge >= 0.3 is 0 Å². The Bertz CT molecular complexity index is 181. The quantitative estimate of drug-likeness (QED) is 0.504. The molecule has 0 aromatic rings. The highest BCUT2D eigenvalue weighted by atomic mass is 16.5. The normalized spacial score (nSPS) is 37.8. The van der Waals surface area contributed by atoms with Crippen molar-refractivity contribution in [3.05, 3.63) is 11.1 Å². The summed E-state index contributed by atoms with van der Waals surface area (Å²) in [5.74, 6) is 0.725. The van der Waals surface area contributed by atoms with Crippen molar-refractivity contribution in [2.24, 2.45) is 5.92 Å². The zero-order valence-corrected chi connectivity index (χ0v) is 6.68. The van der Waals surface area contributed by atoms with Crippen LogP contribution in [0.25, 0.3) is 0 Å². The fourth-order valence-electron chi connectivity index (χ4n) is 2.37. The van der Waals surface area contributed by atoms with Crippen molar-refractivity contribution >= 4 is 0 Å². The van der Waals surface area contributed by atoms with Crippen molar-refractivity contribution in [2.75, 3.05) is 7.11 Å². The van der Waals surface area contributed by atoms with Crippen LogP contribution >= 0.6 is 0 Å². The molecule has 0 aromatic heterocycles. The van der Waals surface area contributed by atoms with Crippen LogP contribution in [-0.4, -0.2) is 13.2 Å². The largest absolute Gasteiger partial charge is 0.376 e. The van der Waals surface area contributed by atoms with Gasteiger partial charge in [-0.2, -0.15) is 0 Å². The van der Waals surface area contributed by atoms with E-state index < -0.39 is 0 Å². The molecule has 0 heterocycles. The Balaban J connectivity index is 2.18. The van der Waals surface area contributed by atoms with Crippen molar-refractivity contribution in [2.45, 2.75) is 32.3 Å². The molecule has 2 aliphatic carbocycles. The number of hydrogen-bond acceptors (Lipinski definition) is 1. The van der Waals surface area contributed by atoms with Gasteiger partial charge in [-0.3, -0.25) is 0 Å². The van der Waals surface area contributed by atoms with E-state index in [1.165, 1.54) is 19.3 Å². The molecule has 0 saturated carbocycles. The molecule has 56 valence electrons. The molecule has 2 unspecified atom stereocenters. The van der Waals surface area contributed by atoms with Gasteiger partial charge in [-0.25, -0.2) is 0 Å². The van der Waals surface area contributed by atoms with E-state index in [0.717, 1.165) is 5.92 Å². The van der Waals surface area contributed by atoms with Crippen molar-refractivity contribution in [3.8, 4) is 0 Å². The van der Waals surface area contributed by atoms with Gasteiger partial charge in [-0.05, 0) is 24.8 Å². The first kappa shape index (κ1) is 6.41. The lowest BCUT2D eigenvalue weighted by Gasteiger charge is -2.35. The van der Waals surface area contributed by atoms with Gasteiger partial charge in [0.2, 0.25) is 0 Å². The molecule has 0 aromatic carbocycles. The first-order valence-corrected chi connectivity index (χ1v) is 4.09. The average molecular weight is 138 g/mol. The summed E-state index contributed by atoms with van der Waals surface area (Å²) in [6.07, 6.45) is 4.50. The van der Waals surface area contributed by atoms with Crippen LogP contribution in [0.15, 0.2) is 11.1 Å². The van der Waals surface area contributed by atoms with Gasteiger partial charge in [0.15, 0.2) is 0 Å². The fourth-order valence-corrected chi connectivity index (χ4v) is 2.37. The number of hydrogen-bond donors (Lipinski definition) is 0. The Kier molecular flexibility index (Phi) is 1.34. The van der Waals surface area contributed by atoms with Crippen LogP contribution in [0.4, 0.5) is 0 Å². The monoisotopic (exact) mass is 138 g/mol. The summed E-state index contributed by atoms with van der Waals surface area (Å²) in [5.41, 5.74) is 3.32. The number of ether oxygens (including phenoxy) is 1. The maximum absolute atomic E-state index is 5.35.